The number of aryl methyl sites for hydroxylation is 2. The number of benzene rings is 1. The van der Waals surface area contributed by atoms with Crippen LogP contribution in [0.4, 0.5) is 0 Å². The molecule has 0 fully saturated rings. The van der Waals surface area contributed by atoms with Gasteiger partial charge in [0.1, 0.15) is 10.8 Å². The molecule has 8 nitrogen and oxygen atoms in total. The van der Waals surface area contributed by atoms with Gasteiger partial charge in [0.25, 0.3) is 0 Å². The van der Waals surface area contributed by atoms with Crippen molar-refractivity contribution in [2.75, 3.05) is 0 Å². The van der Waals surface area contributed by atoms with Crippen molar-refractivity contribution < 1.29 is 14.7 Å². The molecule has 33 heavy (non-hydrogen) atoms. The summed E-state index contributed by atoms with van der Waals surface area (Å²) in [6.07, 6.45) is 4.92. The summed E-state index contributed by atoms with van der Waals surface area (Å²) >= 11 is 1.62. The third-order valence-corrected chi connectivity index (χ3v) is 6.60. The lowest BCUT2D eigenvalue weighted by molar-refractivity contribution is -0.136. The number of amides is 1. The Hall–Kier alpha value is -3.69. The largest absolute Gasteiger partial charge is 0.481 e. The first-order valence-electron chi connectivity index (χ1n) is 10.6. The molecule has 0 saturated carbocycles. The van der Waals surface area contributed by atoms with E-state index >= 15 is 0 Å². The number of carbonyl (C=O) groups is 2. The van der Waals surface area contributed by atoms with Crippen LogP contribution in [0.25, 0.3) is 21.3 Å². The van der Waals surface area contributed by atoms with Crippen molar-refractivity contribution in [3.05, 3.63) is 77.5 Å². The second kappa shape index (κ2) is 9.43. The number of carboxylic acids is 1. The normalized spacial score (nSPS) is 11.1. The minimum absolute atomic E-state index is 0.00533. The first-order valence-corrected chi connectivity index (χ1v) is 11.4. The van der Waals surface area contributed by atoms with Crippen LogP contribution in [0.15, 0.2) is 54.9 Å². The molecule has 0 radical (unpaired) electrons. The molecule has 0 bridgehead atoms. The molecule has 9 heteroatoms. The predicted octanol–water partition coefficient (Wildman–Crippen LogP) is 3.53. The number of hydrogen-bond donors (Lipinski definition) is 3. The van der Waals surface area contributed by atoms with Crippen LogP contribution >= 0.6 is 11.3 Å². The minimum atomic E-state index is -0.863. The Bertz CT molecular complexity index is 1320. The topological polar surface area (TPSA) is 129 Å². The number of primary amides is 1. The third kappa shape index (κ3) is 4.46. The minimum Gasteiger partial charge on any atom is -0.481 e. The number of hydrogen-bond acceptors (Lipinski definition) is 5. The van der Waals surface area contributed by atoms with E-state index in [0.717, 1.165) is 44.8 Å². The number of aromatic nitrogens is 3. The van der Waals surface area contributed by atoms with E-state index in [9.17, 15) is 14.7 Å². The fourth-order valence-electron chi connectivity index (χ4n) is 3.90. The van der Waals surface area contributed by atoms with Gasteiger partial charge in [0.2, 0.25) is 5.91 Å². The lowest BCUT2D eigenvalue weighted by Gasteiger charge is -2.17. The van der Waals surface area contributed by atoms with Gasteiger partial charge in [0.15, 0.2) is 0 Å². The molecule has 0 spiro atoms. The highest BCUT2D eigenvalue weighted by molar-refractivity contribution is 7.17. The zero-order valence-corrected chi connectivity index (χ0v) is 19.0. The Balaban J connectivity index is 1.84. The average Bonchev–Trinajstić information content (AvgIpc) is 3.55. The average molecular weight is 464 g/mol. The predicted molar refractivity (Wildman–Crippen MR) is 128 cm³/mol. The molecule has 1 aromatic carbocycles. The monoisotopic (exact) mass is 463 g/mol. The van der Waals surface area contributed by atoms with Gasteiger partial charge in [-0.25, -0.2) is 4.98 Å². The Morgan fingerprint density at radius 1 is 1.15 bits per heavy atom. The molecule has 0 aliphatic rings. The Morgan fingerprint density at radius 3 is 2.67 bits per heavy atom. The van der Waals surface area contributed by atoms with Crippen molar-refractivity contribution in [3.8, 4) is 21.3 Å². The number of nitrogens with zero attached hydrogens (tertiary/aromatic N) is 3. The molecule has 170 valence electrons. The van der Waals surface area contributed by atoms with E-state index in [4.69, 9.17) is 11.5 Å². The van der Waals surface area contributed by atoms with Crippen molar-refractivity contribution in [3.63, 3.8) is 0 Å². The number of aliphatic carboxylic acids is 1. The van der Waals surface area contributed by atoms with Crippen LogP contribution in [-0.2, 0) is 24.2 Å². The first-order chi connectivity index (χ1) is 15.9. The van der Waals surface area contributed by atoms with Crippen LogP contribution in [0.3, 0.4) is 0 Å². The molecule has 5 N–H and O–H groups in total. The summed E-state index contributed by atoms with van der Waals surface area (Å²) in [5.74, 6) is -0.406. The van der Waals surface area contributed by atoms with Gasteiger partial charge in [-0.2, -0.15) is 0 Å². The van der Waals surface area contributed by atoms with Gasteiger partial charge in [-0.3, -0.25) is 14.2 Å². The maximum Gasteiger partial charge on any atom is 0.303 e. The van der Waals surface area contributed by atoms with Crippen molar-refractivity contribution in [2.45, 2.75) is 32.7 Å². The summed E-state index contributed by atoms with van der Waals surface area (Å²) in [4.78, 5) is 28.3. The highest BCUT2D eigenvalue weighted by atomic mass is 32.1. The second-order valence-electron chi connectivity index (χ2n) is 7.56. The summed E-state index contributed by atoms with van der Waals surface area (Å²) in [6, 6.07) is 13.2. The van der Waals surface area contributed by atoms with Gasteiger partial charge in [-0.05, 0) is 54.4 Å². The Kier molecular flexibility index (Phi) is 6.43. The summed E-state index contributed by atoms with van der Waals surface area (Å²) in [6.45, 7) is 2.27. The van der Waals surface area contributed by atoms with E-state index in [-0.39, 0.29) is 13.0 Å². The third-order valence-electron chi connectivity index (χ3n) is 5.50. The maximum atomic E-state index is 11.7. The number of carbonyl (C=O) groups excluding carboxylic acids is 1. The summed E-state index contributed by atoms with van der Waals surface area (Å²) in [5, 5.41) is 10.3. The maximum absolute atomic E-state index is 11.7. The molecule has 0 aliphatic heterocycles. The molecule has 4 rings (SSSR count). The molecule has 3 heterocycles. The summed E-state index contributed by atoms with van der Waals surface area (Å²) in [7, 11) is 0. The van der Waals surface area contributed by atoms with E-state index in [1.165, 1.54) is 0 Å². The highest BCUT2D eigenvalue weighted by Crippen LogP contribution is 2.35. The van der Waals surface area contributed by atoms with Gasteiger partial charge < -0.3 is 21.1 Å². The smallest absolute Gasteiger partial charge is 0.303 e. The van der Waals surface area contributed by atoms with Crippen molar-refractivity contribution in [1.82, 2.24) is 14.1 Å². The number of rotatable bonds is 9. The molecule has 0 aliphatic carbocycles. The first kappa shape index (κ1) is 22.5. The summed E-state index contributed by atoms with van der Waals surface area (Å²) in [5.41, 5.74) is 15.2. The van der Waals surface area contributed by atoms with Crippen molar-refractivity contribution in [1.29, 1.82) is 0 Å². The molecule has 4 aromatic rings. The zero-order valence-electron chi connectivity index (χ0n) is 18.2. The van der Waals surface area contributed by atoms with Gasteiger partial charge in [-0.15, -0.1) is 11.3 Å². The molecule has 0 unspecified atom stereocenters. The van der Waals surface area contributed by atoms with Gasteiger partial charge in [-0.1, -0.05) is 6.92 Å². The molecular weight excluding hydrogens is 438 g/mol. The molecule has 1 amide bonds. The number of nitrogens with two attached hydrogens (primary N) is 2. The van der Waals surface area contributed by atoms with E-state index in [1.54, 1.807) is 29.7 Å². The molecular formula is C24H25N5O3S. The van der Waals surface area contributed by atoms with Crippen LogP contribution in [0, 0.1) is 0 Å². The summed E-state index contributed by atoms with van der Waals surface area (Å²) < 4.78 is 4.10. The van der Waals surface area contributed by atoms with E-state index in [0.29, 0.717) is 12.0 Å². The lowest BCUT2D eigenvalue weighted by Crippen LogP contribution is -2.14. The standard InChI is InChI=1S/C24H25N5O3S/c1-2-21-27-11-12-28(21)22-9-8-20(33-22)19-7-4-17(5-10-23(30)31)29(19)18-6-3-15(24(26)32)13-16(18)14-25/h3-4,6-9,11-13H,2,5,10,14,25H2,1H3,(H2,26,32)(H,30,31). The van der Waals surface area contributed by atoms with Crippen LogP contribution in [-0.4, -0.2) is 31.1 Å². The Labute approximate surface area is 195 Å². The van der Waals surface area contributed by atoms with Crippen molar-refractivity contribution >= 4 is 23.2 Å². The number of thiophene rings is 1. The van der Waals surface area contributed by atoms with Crippen LogP contribution in [0.5, 0.6) is 0 Å². The molecule has 0 atom stereocenters. The second-order valence-corrected chi connectivity index (χ2v) is 8.62. The zero-order chi connectivity index (χ0) is 23.5. The van der Waals surface area contributed by atoms with Gasteiger partial charge in [0, 0.05) is 36.6 Å². The van der Waals surface area contributed by atoms with Crippen LogP contribution in [0.2, 0.25) is 0 Å². The fraction of sp³-hybridized carbons (Fsp3) is 0.208. The SMILES string of the molecule is CCc1nccn1-c1ccc(-c2ccc(CCC(=O)O)n2-c2ccc(C(N)=O)cc2CN)s1. The number of imidazole rings is 1. The van der Waals surface area contributed by atoms with Crippen LogP contribution in [0.1, 0.15) is 40.8 Å². The fourth-order valence-corrected chi connectivity index (χ4v) is 4.92. The van der Waals surface area contributed by atoms with E-state index in [1.807, 2.05) is 35.0 Å². The quantitative estimate of drug-likeness (QED) is 0.350. The number of carboxylic acid groups (broad SMARTS) is 1. The van der Waals surface area contributed by atoms with E-state index < -0.39 is 11.9 Å². The molecule has 0 saturated heterocycles. The highest BCUT2D eigenvalue weighted by Gasteiger charge is 2.18. The van der Waals surface area contributed by atoms with Crippen molar-refractivity contribution in [2.24, 2.45) is 11.5 Å². The van der Waals surface area contributed by atoms with Gasteiger partial charge >= 0.3 is 5.97 Å². The van der Waals surface area contributed by atoms with Gasteiger partial charge in [0.05, 0.1) is 22.7 Å². The van der Waals surface area contributed by atoms with E-state index in [2.05, 4.69) is 22.5 Å². The lowest BCUT2D eigenvalue weighted by atomic mass is 10.1. The van der Waals surface area contributed by atoms with Crippen LogP contribution < -0.4 is 11.5 Å². The molecule has 3 aromatic heterocycles. The Morgan fingerprint density at radius 2 is 1.97 bits per heavy atom.